The Labute approximate surface area is 95.6 Å². The van der Waals surface area contributed by atoms with Crippen LogP contribution in [0.4, 0.5) is 0 Å². The van der Waals surface area contributed by atoms with Gasteiger partial charge in [0.05, 0.1) is 12.6 Å². The van der Waals surface area contributed by atoms with Crippen LogP contribution in [0.25, 0.3) is 0 Å². The number of aliphatic hydroxyl groups is 1. The Bertz CT molecular complexity index is 285. The average molecular weight is 363 g/mol. The number of nitrogens with zero attached hydrogens (tertiary/aromatic N) is 2. The van der Waals surface area contributed by atoms with Gasteiger partial charge in [-0.3, -0.25) is 0 Å². The maximum Gasteiger partial charge on any atom is 0.179 e. The van der Waals surface area contributed by atoms with Gasteiger partial charge in [0.25, 0.3) is 0 Å². The molecule has 1 atom stereocenters. The summed E-state index contributed by atoms with van der Waals surface area (Å²) >= 11 is 9.89. The number of halogens is 3. The molecule has 0 saturated heterocycles. The summed E-state index contributed by atoms with van der Waals surface area (Å²) in [7, 11) is 0. The molecule has 0 amide bonds. The van der Waals surface area contributed by atoms with Crippen LogP contribution in [0.5, 0.6) is 0 Å². The van der Waals surface area contributed by atoms with Crippen molar-refractivity contribution in [3.8, 4) is 0 Å². The van der Waals surface area contributed by atoms with Crippen molar-refractivity contribution in [3.63, 3.8) is 0 Å². The molecule has 0 saturated carbocycles. The Kier molecular flexibility index (Phi) is 3.75. The highest BCUT2D eigenvalue weighted by Gasteiger charge is 2.12. The van der Waals surface area contributed by atoms with Crippen molar-refractivity contribution < 1.29 is 5.11 Å². The van der Waals surface area contributed by atoms with Crippen molar-refractivity contribution in [2.24, 2.45) is 0 Å². The van der Waals surface area contributed by atoms with Crippen molar-refractivity contribution in [1.29, 1.82) is 0 Å². The van der Waals surface area contributed by atoms with E-state index in [4.69, 9.17) is 5.11 Å². The first-order valence-corrected chi connectivity index (χ1v) is 5.65. The van der Waals surface area contributed by atoms with E-state index >= 15 is 0 Å². The lowest BCUT2D eigenvalue weighted by Gasteiger charge is -2.07. The number of imidazole rings is 1. The smallest absolute Gasteiger partial charge is 0.179 e. The standard InChI is InChI=1S/C6H7Br3N2O/c1-3(12)2-11-5(8)4(7)10-6(11)9/h3,12H,2H2,1H3. The van der Waals surface area contributed by atoms with Crippen molar-refractivity contribution >= 4 is 47.8 Å². The third-order valence-electron chi connectivity index (χ3n) is 1.27. The van der Waals surface area contributed by atoms with Gasteiger partial charge in [0.1, 0.15) is 9.21 Å². The van der Waals surface area contributed by atoms with Crippen LogP contribution in [-0.4, -0.2) is 20.8 Å². The molecule has 68 valence electrons. The zero-order valence-electron chi connectivity index (χ0n) is 6.26. The minimum Gasteiger partial charge on any atom is -0.392 e. The fraction of sp³-hybridized carbons (Fsp3) is 0.500. The summed E-state index contributed by atoms with van der Waals surface area (Å²) in [5.41, 5.74) is 0. The second-order valence-corrected chi connectivity index (χ2v) is 4.63. The fourth-order valence-electron chi connectivity index (χ4n) is 0.800. The molecule has 1 rings (SSSR count). The van der Waals surface area contributed by atoms with E-state index in [1.54, 1.807) is 6.92 Å². The summed E-state index contributed by atoms with van der Waals surface area (Å²) in [6, 6.07) is 0. The molecule has 0 aliphatic carbocycles. The fourth-order valence-corrected chi connectivity index (χ4v) is 2.56. The summed E-state index contributed by atoms with van der Waals surface area (Å²) in [5.74, 6) is 0. The van der Waals surface area contributed by atoms with E-state index in [1.807, 2.05) is 4.57 Å². The largest absolute Gasteiger partial charge is 0.392 e. The van der Waals surface area contributed by atoms with E-state index in [9.17, 15) is 0 Å². The molecule has 12 heavy (non-hydrogen) atoms. The molecule has 0 fully saturated rings. The van der Waals surface area contributed by atoms with Crippen LogP contribution in [0.1, 0.15) is 6.92 Å². The lowest BCUT2D eigenvalue weighted by atomic mass is 10.4. The van der Waals surface area contributed by atoms with Crippen molar-refractivity contribution in [2.45, 2.75) is 19.6 Å². The monoisotopic (exact) mass is 360 g/mol. The minimum absolute atomic E-state index is 0.390. The van der Waals surface area contributed by atoms with Gasteiger partial charge in [-0.05, 0) is 54.7 Å². The topological polar surface area (TPSA) is 38.0 Å². The molecule has 1 aromatic heterocycles. The first-order valence-electron chi connectivity index (χ1n) is 3.27. The van der Waals surface area contributed by atoms with E-state index in [0.717, 1.165) is 9.21 Å². The maximum absolute atomic E-state index is 9.16. The second kappa shape index (κ2) is 4.21. The van der Waals surface area contributed by atoms with Gasteiger partial charge in [-0.15, -0.1) is 0 Å². The van der Waals surface area contributed by atoms with E-state index in [1.165, 1.54) is 0 Å². The number of hydrogen-bond donors (Lipinski definition) is 1. The van der Waals surface area contributed by atoms with Gasteiger partial charge < -0.3 is 9.67 Å². The molecule has 3 nitrogen and oxygen atoms in total. The first-order chi connectivity index (χ1) is 5.52. The molecule has 1 N–H and O–H groups in total. The molecule has 1 unspecified atom stereocenters. The number of rotatable bonds is 2. The van der Waals surface area contributed by atoms with Gasteiger partial charge in [-0.25, -0.2) is 4.98 Å². The van der Waals surface area contributed by atoms with E-state index < -0.39 is 6.10 Å². The van der Waals surface area contributed by atoms with Gasteiger partial charge in [-0.2, -0.15) is 0 Å². The summed E-state index contributed by atoms with van der Waals surface area (Å²) in [4.78, 5) is 4.10. The van der Waals surface area contributed by atoms with Crippen LogP contribution in [-0.2, 0) is 6.54 Å². The molecule has 0 bridgehead atoms. The van der Waals surface area contributed by atoms with Crippen LogP contribution in [0.3, 0.4) is 0 Å². The lowest BCUT2D eigenvalue weighted by Crippen LogP contribution is -2.12. The minimum atomic E-state index is -0.390. The molecular formula is C6H7Br3N2O. The van der Waals surface area contributed by atoms with Gasteiger partial charge in [0.15, 0.2) is 4.73 Å². The lowest BCUT2D eigenvalue weighted by molar-refractivity contribution is 0.172. The molecule has 1 aromatic rings. The summed E-state index contributed by atoms with van der Waals surface area (Å²) in [6.07, 6.45) is -0.390. The summed E-state index contributed by atoms with van der Waals surface area (Å²) in [6.45, 7) is 2.24. The Morgan fingerprint density at radius 1 is 1.50 bits per heavy atom. The summed E-state index contributed by atoms with van der Waals surface area (Å²) in [5, 5.41) is 9.16. The second-order valence-electron chi connectivity index (χ2n) is 2.42. The Hall–Kier alpha value is 0.610. The van der Waals surface area contributed by atoms with Crippen molar-refractivity contribution in [1.82, 2.24) is 9.55 Å². The highest BCUT2D eigenvalue weighted by molar-refractivity contribution is 9.13. The van der Waals surface area contributed by atoms with Crippen LogP contribution >= 0.6 is 47.8 Å². The third-order valence-corrected chi connectivity index (χ3v) is 3.76. The van der Waals surface area contributed by atoms with Gasteiger partial charge in [0.2, 0.25) is 0 Å². The SMILES string of the molecule is CC(O)Cn1c(Br)nc(Br)c1Br. The van der Waals surface area contributed by atoms with Crippen LogP contribution in [0.2, 0.25) is 0 Å². The highest BCUT2D eigenvalue weighted by Crippen LogP contribution is 2.26. The highest BCUT2D eigenvalue weighted by atomic mass is 79.9. The summed E-state index contributed by atoms with van der Waals surface area (Å²) < 4.78 is 4.09. The van der Waals surface area contributed by atoms with E-state index in [-0.39, 0.29) is 0 Å². The maximum atomic E-state index is 9.16. The van der Waals surface area contributed by atoms with Crippen LogP contribution in [0, 0.1) is 0 Å². The van der Waals surface area contributed by atoms with Gasteiger partial charge >= 0.3 is 0 Å². The Balaban J connectivity index is 2.97. The number of aromatic nitrogens is 2. The molecule has 1 heterocycles. The number of hydrogen-bond acceptors (Lipinski definition) is 2. The van der Waals surface area contributed by atoms with Crippen molar-refractivity contribution in [3.05, 3.63) is 13.9 Å². The van der Waals surface area contributed by atoms with Crippen LogP contribution < -0.4 is 0 Å². The Morgan fingerprint density at radius 3 is 2.42 bits per heavy atom. The zero-order valence-corrected chi connectivity index (χ0v) is 11.0. The molecule has 0 aliphatic rings. The normalized spacial score (nSPS) is 13.4. The van der Waals surface area contributed by atoms with Gasteiger partial charge in [0, 0.05) is 0 Å². The van der Waals surface area contributed by atoms with Crippen LogP contribution in [0.15, 0.2) is 13.9 Å². The molecule has 6 heteroatoms. The predicted molar refractivity (Wildman–Crippen MR) is 57.0 cm³/mol. The molecule has 0 aliphatic heterocycles. The zero-order chi connectivity index (χ0) is 9.30. The van der Waals surface area contributed by atoms with Gasteiger partial charge in [-0.1, -0.05) is 0 Å². The van der Waals surface area contributed by atoms with Crippen molar-refractivity contribution in [2.75, 3.05) is 0 Å². The number of aliphatic hydroxyl groups excluding tert-OH is 1. The molecule has 0 spiro atoms. The molecule has 0 aromatic carbocycles. The van der Waals surface area contributed by atoms with E-state index in [2.05, 4.69) is 52.8 Å². The average Bonchev–Trinajstić information content (AvgIpc) is 2.16. The molecular weight excluding hydrogens is 356 g/mol. The Morgan fingerprint density at radius 2 is 2.08 bits per heavy atom. The van der Waals surface area contributed by atoms with E-state index in [0.29, 0.717) is 11.3 Å². The molecule has 0 radical (unpaired) electrons. The first kappa shape index (κ1) is 10.7. The predicted octanol–water partition coefficient (Wildman–Crippen LogP) is 2.55. The third kappa shape index (κ3) is 2.31. The quantitative estimate of drug-likeness (QED) is 0.878.